The van der Waals surface area contributed by atoms with Crippen LogP contribution in [0.2, 0.25) is 0 Å². The van der Waals surface area contributed by atoms with E-state index in [1.54, 1.807) is 4.90 Å². The van der Waals surface area contributed by atoms with Crippen LogP contribution in [0.1, 0.15) is 19.4 Å². The second-order valence-corrected chi connectivity index (χ2v) is 6.62. The molecule has 2 heterocycles. The molecule has 1 fully saturated rings. The van der Waals surface area contributed by atoms with Gasteiger partial charge in [-0.2, -0.15) is 0 Å². The number of amidine groups is 1. The summed E-state index contributed by atoms with van der Waals surface area (Å²) in [4.78, 5) is 30.7. The molecule has 7 heteroatoms. The molecule has 130 valence electrons. The number of rotatable bonds is 5. The summed E-state index contributed by atoms with van der Waals surface area (Å²) >= 11 is 1.39. The van der Waals surface area contributed by atoms with Crippen LogP contribution in [0.4, 0.5) is 0 Å². The van der Waals surface area contributed by atoms with E-state index in [9.17, 15) is 9.59 Å². The maximum absolute atomic E-state index is 12.6. The van der Waals surface area contributed by atoms with Gasteiger partial charge in [-0.3, -0.25) is 19.5 Å². The van der Waals surface area contributed by atoms with Crippen molar-refractivity contribution >= 4 is 45.7 Å². The van der Waals surface area contributed by atoms with E-state index < -0.39 is 5.91 Å². The third kappa shape index (κ3) is 3.32. The molecule has 1 aliphatic rings. The Morgan fingerprint density at radius 2 is 2.08 bits per heavy atom. The van der Waals surface area contributed by atoms with Gasteiger partial charge in [0.15, 0.2) is 5.17 Å². The first-order chi connectivity index (χ1) is 12.0. The van der Waals surface area contributed by atoms with Crippen LogP contribution in [0, 0.1) is 0 Å². The van der Waals surface area contributed by atoms with Gasteiger partial charge in [0.05, 0.1) is 4.91 Å². The fraction of sp³-hybridized carbons (Fsp3) is 0.278. The molecule has 0 radical (unpaired) electrons. The number of aliphatic imine (C=N–C) groups is 1. The van der Waals surface area contributed by atoms with Crippen LogP contribution >= 0.6 is 11.8 Å². The Morgan fingerprint density at radius 3 is 2.76 bits per heavy atom. The average Bonchev–Trinajstić information content (AvgIpc) is 3.06. The van der Waals surface area contributed by atoms with Gasteiger partial charge in [0, 0.05) is 35.8 Å². The highest BCUT2D eigenvalue weighted by atomic mass is 32.2. The SMILES string of the molecule is CCN=C1SC(=Cc2cn(CC(N)=O)c3ccccc23)C(=O)N1CC. The van der Waals surface area contributed by atoms with Crippen molar-refractivity contribution < 1.29 is 9.59 Å². The Morgan fingerprint density at radius 1 is 1.32 bits per heavy atom. The van der Waals surface area contributed by atoms with E-state index in [4.69, 9.17) is 5.73 Å². The zero-order valence-electron chi connectivity index (χ0n) is 14.2. The highest BCUT2D eigenvalue weighted by molar-refractivity contribution is 8.18. The molecule has 2 N–H and O–H groups in total. The summed E-state index contributed by atoms with van der Waals surface area (Å²) in [6.45, 7) is 5.22. The van der Waals surface area contributed by atoms with Crippen LogP contribution in [0.5, 0.6) is 0 Å². The average molecular weight is 356 g/mol. The van der Waals surface area contributed by atoms with E-state index in [1.807, 2.05) is 55.0 Å². The van der Waals surface area contributed by atoms with E-state index in [0.29, 0.717) is 18.0 Å². The molecule has 3 rings (SSSR count). The summed E-state index contributed by atoms with van der Waals surface area (Å²) < 4.78 is 1.81. The molecule has 1 aromatic carbocycles. The normalized spacial score (nSPS) is 18.0. The van der Waals surface area contributed by atoms with E-state index in [2.05, 4.69) is 4.99 Å². The van der Waals surface area contributed by atoms with Gasteiger partial charge < -0.3 is 10.3 Å². The number of benzene rings is 1. The quantitative estimate of drug-likeness (QED) is 0.836. The summed E-state index contributed by atoms with van der Waals surface area (Å²) in [6, 6.07) is 7.76. The number of carbonyl (C=O) groups is 2. The molecule has 1 aromatic heterocycles. The van der Waals surface area contributed by atoms with Crippen molar-refractivity contribution in [2.24, 2.45) is 10.7 Å². The van der Waals surface area contributed by atoms with Crippen molar-refractivity contribution in [1.82, 2.24) is 9.47 Å². The van der Waals surface area contributed by atoms with Crippen LogP contribution in [-0.4, -0.2) is 39.5 Å². The third-order valence-electron chi connectivity index (χ3n) is 3.93. The lowest BCUT2D eigenvalue weighted by Crippen LogP contribution is -2.28. The second-order valence-electron chi connectivity index (χ2n) is 5.61. The van der Waals surface area contributed by atoms with Crippen LogP contribution < -0.4 is 5.73 Å². The number of hydrogen-bond donors (Lipinski definition) is 1. The number of likely N-dealkylation sites (N-methyl/N-ethyl adjacent to an activating group) is 1. The molecule has 2 amide bonds. The van der Waals surface area contributed by atoms with Gasteiger partial charge in [-0.1, -0.05) is 18.2 Å². The van der Waals surface area contributed by atoms with Gasteiger partial charge in [0.1, 0.15) is 6.54 Å². The fourth-order valence-corrected chi connectivity index (χ4v) is 3.97. The maximum atomic E-state index is 12.6. The minimum atomic E-state index is -0.402. The molecule has 0 atom stereocenters. The number of hydrogen-bond acceptors (Lipinski definition) is 4. The van der Waals surface area contributed by atoms with Crippen LogP contribution in [0.3, 0.4) is 0 Å². The number of carbonyl (C=O) groups excluding carboxylic acids is 2. The molecule has 1 aliphatic heterocycles. The molecule has 25 heavy (non-hydrogen) atoms. The molecule has 0 saturated carbocycles. The maximum Gasteiger partial charge on any atom is 0.266 e. The zero-order valence-corrected chi connectivity index (χ0v) is 15.0. The number of para-hydroxylation sites is 1. The standard InChI is InChI=1S/C18H20N4O2S/c1-3-20-18-22(4-2)17(24)15(25-18)9-12-10-21(11-16(19)23)14-8-6-5-7-13(12)14/h5-10H,3-4,11H2,1-2H3,(H2,19,23). The highest BCUT2D eigenvalue weighted by Gasteiger charge is 2.32. The Kier molecular flexibility index (Phi) is 4.94. The minimum absolute atomic E-state index is 0.0357. The van der Waals surface area contributed by atoms with Crippen LogP contribution in [0.15, 0.2) is 40.4 Å². The van der Waals surface area contributed by atoms with Crippen molar-refractivity contribution in [2.45, 2.75) is 20.4 Å². The second kappa shape index (κ2) is 7.14. The van der Waals surface area contributed by atoms with Crippen molar-refractivity contribution in [2.75, 3.05) is 13.1 Å². The van der Waals surface area contributed by atoms with Gasteiger partial charge in [-0.15, -0.1) is 0 Å². The summed E-state index contributed by atoms with van der Waals surface area (Å²) in [6.07, 6.45) is 3.73. The fourth-order valence-electron chi connectivity index (χ4n) is 2.87. The number of fused-ring (bicyclic) bond motifs is 1. The van der Waals surface area contributed by atoms with E-state index in [0.717, 1.165) is 21.6 Å². The first kappa shape index (κ1) is 17.3. The number of primary amides is 1. The molecule has 0 spiro atoms. The summed E-state index contributed by atoms with van der Waals surface area (Å²) in [5.74, 6) is -0.438. The third-order valence-corrected chi connectivity index (χ3v) is 4.97. The van der Waals surface area contributed by atoms with Crippen molar-refractivity contribution in [3.05, 3.63) is 40.9 Å². The molecular weight excluding hydrogens is 336 g/mol. The van der Waals surface area contributed by atoms with Gasteiger partial charge >= 0.3 is 0 Å². The molecular formula is C18H20N4O2S. The monoisotopic (exact) mass is 356 g/mol. The van der Waals surface area contributed by atoms with E-state index >= 15 is 0 Å². The first-order valence-corrected chi connectivity index (χ1v) is 8.98. The van der Waals surface area contributed by atoms with Gasteiger partial charge in [-0.05, 0) is 37.8 Å². The summed E-state index contributed by atoms with van der Waals surface area (Å²) in [7, 11) is 0. The molecule has 2 aromatic rings. The molecule has 6 nitrogen and oxygen atoms in total. The van der Waals surface area contributed by atoms with E-state index in [-0.39, 0.29) is 12.5 Å². The highest BCUT2D eigenvalue weighted by Crippen LogP contribution is 2.34. The lowest BCUT2D eigenvalue weighted by molar-refractivity contribution is -0.122. The van der Waals surface area contributed by atoms with Crippen molar-refractivity contribution in [3.63, 3.8) is 0 Å². The predicted octanol–water partition coefficient (Wildman–Crippen LogP) is 2.44. The summed E-state index contributed by atoms with van der Waals surface area (Å²) in [5, 5.41) is 1.72. The Labute approximate surface area is 150 Å². The van der Waals surface area contributed by atoms with Gasteiger partial charge in [0.2, 0.25) is 5.91 Å². The Hall–Kier alpha value is -2.54. The number of amides is 2. The Balaban J connectivity index is 2.05. The first-order valence-electron chi connectivity index (χ1n) is 8.17. The zero-order chi connectivity index (χ0) is 18.0. The van der Waals surface area contributed by atoms with Crippen molar-refractivity contribution in [3.8, 4) is 0 Å². The van der Waals surface area contributed by atoms with Gasteiger partial charge in [-0.25, -0.2) is 0 Å². The number of nitrogens with zero attached hydrogens (tertiary/aromatic N) is 3. The number of thioether (sulfide) groups is 1. The predicted molar refractivity (Wildman–Crippen MR) is 102 cm³/mol. The number of nitrogens with two attached hydrogens (primary N) is 1. The Bertz CT molecular complexity index is 898. The number of aromatic nitrogens is 1. The molecule has 0 bridgehead atoms. The molecule has 0 unspecified atom stereocenters. The van der Waals surface area contributed by atoms with E-state index in [1.165, 1.54) is 11.8 Å². The smallest absolute Gasteiger partial charge is 0.266 e. The topological polar surface area (TPSA) is 80.7 Å². The minimum Gasteiger partial charge on any atom is -0.368 e. The lowest BCUT2D eigenvalue weighted by Gasteiger charge is -2.11. The van der Waals surface area contributed by atoms with Gasteiger partial charge in [0.25, 0.3) is 5.91 Å². The molecule has 1 saturated heterocycles. The summed E-state index contributed by atoms with van der Waals surface area (Å²) in [5.41, 5.74) is 7.15. The molecule has 0 aliphatic carbocycles. The van der Waals surface area contributed by atoms with Crippen LogP contribution in [-0.2, 0) is 16.1 Å². The largest absolute Gasteiger partial charge is 0.368 e. The lowest BCUT2D eigenvalue weighted by atomic mass is 10.1. The van der Waals surface area contributed by atoms with Crippen LogP contribution in [0.25, 0.3) is 17.0 Å². The van der Waals surface area contributed by atoms with Crippen molar-refractivity contribution in [1.29, 1.82) is 0 Å².